The van der Waals surface area contributed by atoms with Crippen molar-refractivity contribution in [3.63, 3.8) is 0 Å². The highest BCUT2D eigenvalue weighted by Gasteiger charge is 2.20. The maximum Gasteiger partial charge on any atom is 0.119 e. The predicted molar refractivity (Wildman–Crippen MR) is 86.4 cm³/mol. The number of nitrogens with zero attached hydrogens (tertiary/aromatic N) is 2. The van der Waals surface area contributed by atoms with Gasteiger partial charge in [-0.1, -0.05) is 15.9 Å². The minimum absolute atomic E-state index is 0.669. The molecule has 1 fully saturated rings. The van der Waals surface area contributed by atoms with E-state index in [4.69, 9.17) is 4.74 Å². The van der Waals surface area contributed by atoms with Gasteiger partial charge in [-0.15, -0.1) is 0 Å². The van der Waals surface area contributed by atoms with Gasteiger partial charge in [-0.2, -0.15) is 5.10 Å². The molecule has 1 aliphatic rings. The molecular weight excluding hydrogens is 330 g/mol. The Balaban J connectivity index is 1.53. The van der Waals surface area contributed by atoms with Gasteiger partial charge < -0.3 is 10.1 Å². The van der Waals surface area contributed by atoms with Crippen LogP contribution >= 0.6 is 15.9 Å². The number of nitrogens with one attached hydrogen (secondary N) is 1. The van der Waals surface area contributed by atoms with Crippen LogP contribution in [0, 0.1) is 0 Å². The Labute approximate surface area is 133 Å². The number of hydrogen-bond donors (Lipinski definition) is 1. The van der Waals surface area contributed by atoms with E-state index < -0.39 is 0 Å². The van der Waals surface area contributed by atoms with Crippen LogP contribution in [0.3, 0.4) is 0 Å². The molecule has 1 aromatic carbocycles. The van der Waals surface area contributed by atoms with Gasteiger partial charge in [-0.3, -0.25) is 4.68 Å². The summed E-state index contributed by atoms with van der Waals surface area (Å²) in [6, 6.07) is 6.90. The second-order valence-electron chi connectivity index (χ2n) is 5.53. The van der Waals surface area contributed by atoms with E-state index in [-0.39, 0.29) is 0 Å². The monoisotopic (exact) mass is 349 g/mol. The van der Waals surface area contributed by atoms with E-state index in [0.717, 1.165) is 23.2 Å². The summed E-state index contributed by atoms with van der Waals surface area (Å²) in [5, 5.41) is 7.69. The van der Waals surface area contributed by atoms with E-state index in [1.807, 2.05) is 30.2 Å². The van der Waals surface area contributed by atoms with E-state index in [2.05, 4.69) is 38.5 Å². The van der Waals surface area contributed by atoms with Crippen LogP contribution in [0.2, 0.25) is 0 Å². The summed E-state index contributed by atoms with van der Waals surface area (Å²) >= 11 is 3.60. The summed E-state index contributed by atoms with van der Waals surface area (Å²) in [5.74, 6) is 0.926. The first-order chi connectivity index (χ1) is 10.2. The number of benzene rings is 1. The normalized spacial score (nSPS) is 14.4. The third-order valence-electron chi connectivity index (χ3n) is 3.59. The van der Waals surface area contributed by atoms with E-state index in [0.29, 0.717) is 12.6 Å². The van der Waals surface area contributed by atoms with E-state index in [1.54, 1.807) is 0 Å². The van der Waals surface area contributed by atoms with Gasteiger partial charge >= 0.3 is 0 Å². The van der Waals surface area contributed by atoms with E-state index in [1.165, 1.54) is 24.0 Å². The molecule has 1 heterocycles. The molecule has 0 spiro atoms. The number of aromatic nitrogens is 2. The Morgan fingerprint density at radius 1 is 1.43 bits per heavy atom. The number of halogens is 1. The molecule has 0 atom stereocenters. The smallest absolute Gasteiger partial charge is 0.119 e. The summed E-state index contributed by atoms with van der Waals surface area (Å²) in [7, 11) is 1.93. The highest BCUT2D eigenvalue weighted by atomic mass is 79.9. The average molecular weight is 350 g/mol. The van der Waals surface area contributed by atoms with Crippen molar-refractivity contribution in [2.45, 2.75) is 31.8 Å². The van der Waals surface area contributed by atoms with Crippen molar-refractivity contribution in [2.75, 3.05) is 6.61 Å². The number of rotatable bonds is 7. The van der Waals surface area contributed by atoms with Crippen molar-refractivity contribution in [1.82, 2.24) is 15.1 Å². The van der Waals surface area contributed by atoms with Gasteiger partial charge in [0.15, 0.2) is 0 Å². The van der Waals surface area contributed by atoms with Crippen LogP contribution in [0.5, 0.6) is 5.75 Å². The number of ether oxygens (including phenoxy) is 1. The van der Waals surface area contributed by atoms with Crippen LogP contribution in [0.4, 0.5) is 0 Å². The van der Waals surface area contributed by atoms with E-state index >= 15 is 0 Å². The minimum atomic E-state index is 0.669. The number of hydrogen-bond acceptors (Lipinski definition) is 3. The zero-order valence-electron chi connectivity index (χ0n) is 12.2. The molecular formula is C16H20BrN3O. The molecule has 0 aliphatic heterocycles. The van der Waals surface area contributed by atoms with Crippen LogP contribution in [0.1, 0.15) is 24.0 Å². The maximum atomic E-state index is 5.85. The quantitative estimate of drug-likeness (QED) is 0.834. The van der Waals surface area contributed by atoms with Crippen molar-refractivity contribution in [3.8, 4) is 5.75 Å². The third-order valence-corrected chi connectivity index (χ3v) is 4.37. The predicted octanol–water partition coefficient (Wildman–Crippen LogP) is 3.06. The lowest BCUT2D eigenvalue weighted by atomic mass is 10.2. The fraction of sp³-hybridized carbons (Fsp3) is 0.438. The molecule has 4 nitrogen and oxygen atoms in total. The Morgan fingerprint density at radius 3 is 3.00 bits per heavy atom. The third kappa shape index (κ3) is 4.32. The summed E-state index contributed by atoms with van der Waals surface area (Å²) in [4.78, 5) is 0. The zero-order valence-corrected chi connectivity index (χ0v) is 13.8. The first-order valence-electron chi connectivity index (χ1n) is 7.33. The van der Waals surface area contributed by atoms with Gasteiger partial charge in [0.05, 0.1) is 12.8 Å². The molecule has 0 amide bonds. The van der Waals surface area contributed by atoms with Crippen molar-refractivity contribution >= 4 is 15.9 Å². The topological polar surface area (TPSA) is 39.1 Å². The van der Waals surface area contributed by atoms with Gasteiger partial charge in [0.2, 0.25) is 0 Å². The maximum absolute atomic E-state index is 5.85. The van der Waals surface area contributed by atoms with Crippen LogP contribution in [-0.4, -0.2) is 22.4 Å². The van der Waals surface area contributed by atoms with Crippen LogP contribution in [0.25, 0.3) is 0 Å². The van der Waals surface area contributed by atoms with Crippen LogP contribution in [-0.2, 0) is 20.0 Å². The van der Waals surface area contributed by atoms with Crippen LogP contribution < -0.4 is 10.1 Å². The molecule has 3 rings (SSSR count). The van der Waals surface area contributed by atoms with Gasteiger partial charge in [0, 0.05) is 36.7 Å². The molecule has 0 unspecified atom stereocenters. The van der Waals surface area contributed by atoms with Crippen molar-refractivity contribution < 1.29 is 4.74 Å². The van der Waals surface area contributed by atoms with Crippen molar-refractivity contribution in [1.29, 1.82) is 0 Å². The van der Waals surface area contributed by atoms with E-state index in [9.17, 15) is 0 Å². The highest BCUT2D eigenvalue weighted by Crippen LogP contribution is 2.25. The molecule has 1 aromatic heterocycles. The first kappa shape index (κ1) is 14.6. The minimum Gasteiger partial charge on any atom is -0.493 e. The fourth-order valence-corrected chi connectivity index (χ4v) is 2.59. The standard InChI is InChI=1S/C16H20BrN3O/c1-20-11-12(9-19-20)6-7-21-15-4-5-16(17)13(8-15)10-18-14-2-3-14/h4-5,8-9,11,14,18H,2-3,6-7,10H2,1H3. The van der Waals surface area contributed by atoms with Crippen molar-refractivity contribution in [2.24, 2.45) is 7.05 Å². The lowest BCUT2D eigenvalue weighted by molar-refractivity contribution is 0.321. The molecule has 1 saturated carbocycles. The second-order valence-corrected chi connectivity index (χ2v) is 6.38. The number of aryl methyl sites for hydroxylation is 1. The Kier molecular flexibility index (Phi) is 4.60. The summed E-state index contributed by atoms with van der Waals surface area (Å²) in [6.07, 6.45) is 7.39. The Bertz CT molecular complexity index is 607. The molecule has 21 heavy (non-hydrogen) atoms. The molecule has 0 saturated heterocycles. The molecule has 0 radical (unpaired) electrons. The molecule has 2 aromatic rings. The molecule has 0 bridgehead atoms. The van der Waals surface area contributed by atoms with Gasteiger partial charge in [-0.05, 0) is 42.2 Å². The second kappa shape index (κ2) is 6.62. The lowest BCUT2D eigenvalue weighted by Crippen LogP contribution is -2.15. The van der Waals surface area contributed by atoms with Gasteiger partial charge in [0.25, 0.3) is 0 Å². The first-order valence-corrected chi connectivity index (χ1v) is 8.12. The van der Waals surface area contributed by atoms with Crippen LogP contribution in [0.15, 0.2) is 35.1 Å². The Morgan fingerprint density at radius 2 is 2.29 bits per heavy atom. The molecule has 1 aliphatic carbocycles. The summed E-state index contributed by atoms with van der Waals surface area (Å²) in [5.41, 5.74) is 2.45. The average Bonchev–Trinajstić information content (AvgIpc) is 3.21. The molecule has 112 valence electrons. The summed E-state index contributed by atoms with van der Waals surface area (Å²) < 4.78 is 8.80. The summed E-state index contributed by atoms with van der Waals surface area (Å²) in [6.45, 7) is 1.56. The van der Waals surface area contributed by atoms with Crippen molar-refractivity contribution in [3.05, 3.63) is 46.2 Å². The van der Waals surface area contributed by atoms with Gasteiger partial charge in [0.1, 0.15) is 5.75 Å². The lowest BCUT2D eigenvalue weighted by Gasteiger charge is -2.10. The fourth-order valence-electron chi connectivity index (χ4n) is 2.21. The molecule has 1 N–H and O–H groups in total. The SMILES string of the molecule is Cn1cc(CCOc2ccc(Br)c(CNC3CC3)c2)cn1. The molecule has 5 heteroatoms. The largest absolute Gasteiger partial charge is 0.493 e. The highest BCUT2D eigenvalue weighted by molar-refractivity contribution is 9.10. The van der Waals surface area contributed by atoms with Gasteiger partial charge in [-0.25, -0.2) is 0 Å². The zero-order chi connectivity index (χ0) is 14.7. The Hall–Kier alpha value is -1.33.